The van der Waals surface area contributed by atoms with Crippen LogP contribution in [0.15, 0.2) is 6.07 Å². The second-order valence-electron chi connectivity index (χ2n) is 6.91. The molecular formula is C16H22N2O2. The number of carbonyl (C=O) groups excluding carboxylic acids is 2. The fourth-order valence-electron chi connectivity index (χ4n) is 3.61. The molecule has 0 bridgehead atoms. The number of fused-ring (bicyclic) bond motifs is 1. The summed E-state index contributed by atoms with van der Waals surface area (Å²) in [5.74, 6) is 0.308. The van der Waals surface area contributed by atoms with Crippen molar-refractivity contribution < 1.29 is 9.59 Å². The van der Waals surface area contributed by atoms with E-state index in [0.29, 0.717) is 6.42 Å². The van der Waals surface area contributed by atoms with Crippen LogP contribution in [0.3, 0.4) is 0 Å². The van der Waals surface area contributed by atoms with Crippen molar-refractivity contribution in [2.45, 2.75) is 52.5 Å². The molecule has 0 radical (unpaired) electrons. The van der Waals surface area contributed by atoms with Crippen molar-refractivity contribution in [3.8, 4) is 0 Å². The number of carbonyl (C=O) groups is 2. The van der Waals surface area contributed by atoms with E-state index < -0.39 is 0 Å². The number of amides is 1. The van der Waals surface area contributed by atoms with Crippen LogP contribution in [0.25, 0.3) is 0 Å². The number of Topliss-reactive ketones (excluding diaryl/α,β-unsaturated/α-hetero) is 1. The van der Waals surface area contributed by atoms with Crippen LogP contribution >= 0.6 is 0 Å². The Balaban J connectivity index is 2.09. The third-order valence-electron chi connectivity index (χ3n) is 4.49. The molecular weight excluding hydrogens is 252 g/mol. The van der Waals surface area contributed by atoms with Crippen molar-refractivity contribution in [1.29, 1.82) is 0 Å². The second-order valence-corrected chi connectivity index (χ2v) is 6.91. The van der Waals surface area contributed by atoms with Gasteiger partial charge in [0.1, 0.15) is 6.04 Å². The van der Waals surface area contributed by atoms with E-state index in [1.54, 1.807) is 0 Å². The molecule has 1 fully saturated rings. The number of aromatic nitrogens is 1. The molecule has 1 aromatic rings. The quantitative estimate of drug-likeness (QED) is 0.855. The van der Waals surface area contributed by atoms with E-state index in [-0.39, 0.29) is 23.1 Å². The van der Waals surface area contributed by atoms with E-state index in [0.717, 1.165) is 42.8 Å². The van der Waals surface area contributed by atoms with E-state index in [4.69, 9.17) is 0 Å². The van der Waals surface area contributed by atoms with Crippen LogP contribution in [-0.4, -0.2) is 22.8 Å². The maximum absolute atomic E-state index is 12.3. The molecule has 2 heterocycles. The Bertz CT molecular complexity index is 584. The summed E-state index contributed by atoms with van der Waals surface area (Å²) in [6, 6.07) is 1.82. The van der Waals surface area contributed by atoms with Gasteiger partial charge in [0.2, 0.25) is 5.91 Å². The average molecular weight is 274 g/mol. The first-order valence-electron chi connectivity index (χ1n) is 7.41. The molecule has 20 heavy (non-hydrogen) atoms. The minimum atomic E-state index is -0.144. The molecule has 0 saturated carbocycles. The number of nitrogens with zero attached hydrogens (tertiary/aromatic N) is 1. The van der Waals surface area contributed by atoms with Gasteiger partial charge in [0.05, 0.1) is 0 Å². The Morgan fingerprint density at radius 3 is 2.75 bits per heavy atom. The molecule has 1 aliphatic carbocycles. The number of nitrogens with one attached hydrogen (secondary N) is 1. The van der Waals surface area contributed by atoms with Crippen LogP contribution in [-0.2, 0) is 11.2 Å². The molecule has 1 unspecified atom stereocenters. The molecule has 1 saturated heterocycles. The highest BCUT2D eigenvalue weighted by molar-refractivity contribution is 5.99. The summed E-state index contributed by atoms with van der Waals surface area (Å²) in [7, 11) is 0. The summed E-state index contributed by atoms with van der Waals surface area (Å²) < 4.78 is 2.11. The molecule has 1 aliphatic heterocycles. The summed E-state index contributed by atoms with van der Waals surface area (Å²) in [6.07, 6.45) is 3.33. The smallest absolute Gasteiger partial charge is 0.243 e. The van der Waals surface area contributed by atoms with Gasteiger partial charge in [-0.3, -0.25) is 9.59 Å². The summed E-state index contributed by atoms with van der Waals surface area (Å²) in [4.78, 5) is 24.5. The van der Waals surface area contributed by atoms with Crippen LogP contribution in [0, 0.1) is 12.3 Å². The van der Waals surface area contributed by atoms with E-state index in [9.17, 15) is 9.59 Å². The molecule has 1 N–H and O–H groups in total. The Morgan fingerprint density at radius 2 is 2.05 bits per heavy atom. The van der Waals surface area contributed by atoms with E-state index >= 15 is 0 Å². The fraction of sp³-hybridized carbons (Fsp3) is 0.625. The van der Waals surface area contributed by atoms with Crippen LogP contribution in [0.2, 0.25) is 0 Å². The lowest BCUT2D eigenvalue weighted by molar-refractivity contribution is -0.125. The van der Waals surface area contributed by atoms with Gasteiger partial charge in [-0.2, -0.15) is 0 Å². The molecule has 0 spiro atoms. The van der Waals surface area contributed by atoms with E-state index in [1.807, 2.05) is 13.0 Å². The third kappa shape index (κ3) is 2.07. The third-order valence-corrected chi connectivity index (χ3v) is 4.49. The Labute approximate surface area is 119 Å². The first-order chi connectivity index (χ1) is 9.39. The number of piperidine rings is 1. The first kappa shape index (κ1) is 13.4. The number of rotatable bonds is 1. The van der Waals surface area contributed by atoms with E-state index in [2.05, 4.69) is 23.7 Å². The lowest BCUT2D eigenvalue weighted by atomic mass is 9.76. The first-order valence-corrected chi connectivity index (χ1v) is 7.41. The Kier molecular flexibility index (Phi) is 3.00. The van der Waals surface area contributed by atoms with Crippen molar-refractivity contribution in [3.05, 3.63) is 23.0 Å². The van der Waals surface area contributed by atoms with Gasteiger partial charge < -0.3 is 9.88 Å². The molecule has 1 atom stereocenters. The second kappa shape index (κ2) is 4.47. The van der Waals surface area contributed by atoms with Crippen molar-refractivity contribution in [1.82, 2.24) is 9.88 Å². The minimum Gasteiger partial charge on any atom is -0.354 e. The molecule has 1 amide bonds. The Morgan fingerprint density at radius 1 is 1.30 bits per heavy atom. The highest BCUT2D eigenvalue weighted by atomic mass is 16.2. The van der Waals surface area contributed by atoms with E-state index in [1.165, 1.54) is 0 Å². The number of hydrogen-bond donors (Lipinski definition) is 1. The number of hydrogen-bond acceptors (Lipinski definition) is 2. The van der Waals surface area contributed by atoms with Gasteiger partial charge in [0.25, 0.3) is 0 Å². The van der Waals surface area contributed by atoms with Crippen molar-refractivity contribution in [2.24, 2.45) is 5.41 Å². The van der Waals surface area contributed by atoms with Gasteiger partial charge in [0, 0.05) is 29.9 Å². The molecule has 1 aromatic heterocycles. The molecule has 3 rings (SSSR count). The normalized spacial score (nSPS) is 25.2. The highest BCUT2D eigenvalue weighted by Crippen LogP contribution is 2.38. The van der Waals surface area contributed by atoms with Gasteiger partial charge >= 0.3 is 0 Å². The van der Waals surface area contributed by atoms with Crippen LogP contribution in [0.1, 0.15) is 60.9 Å². The fourth-order valence-corrected chi connectivity index (χ4v) is 3.61. The summed E-state index contributed by atoms with van der Waals surface area (Å²) in [5, 5.41) is 2.94. The van der Waals surface area contributed by atoms with Crippen LogP contribution < -0.4 is 5.32 Å². The zero-order chi connectivity index (χ0) is 14.5. The zero-order valence-electron chi connectivity index (χ0n) is 12.5. The van der Waals surface area contributed by atoms with Crippen molar-refractivity contribution in [2.75, 3.05) is 6.54 Å². The summed E-state index contributed by atoms with van der Waals surface area (Å²) in [5.41, 5.74) is 2.91. The summed E-state index contributed by atoms with van der Waals surface area (Å²) in [6.45, 7) is 7.02. The lowest BCUT2D eigenvalue weighted by Gasteiger charge is -2.32. The maximum Gasteiger partial charge on any atom is 0.243 e. The molecule has 4 heteroatoms. The average Bonchev–Trinajstić information content (AvgIpc) is 2.66. The predicted octanol–water partition coefficient (Wildman–Crippen LogP) is 2.40. The minimum absolute atomic E-state index is 0.0161. The zero-order valence-corrected chi connectivity index (χ0v) is 12.5. The largest absolute Gasteiger partial charge is 0.354 e. The standard InChI is InChI=1S/C16H22N2O2/c1-10-7-11-13(8-16(2,3)9-14(11)19)18(10)12-5-4-6-17-15(12)20/h7,12H,4-6,8-9H2,1-3H3,(H,17,20). The maximum atomic E-state index is 12.3. The highest BCUT2D eigenvalue weighted by Gasteiger charge is 2.36. The van der Waals surface area contributed by atoms with Crippen LogP contribution in [0.4, 0.5) is 0 Å². The summed E-state index contributed by atoms with van der Waals surface area (Å²) >= 11 is 0. The molecule has 0 aromatic carbocycles. The van der Waals surface area contributed by atoms with Crippen molar-refractivity contribution >= 4 is 11.7 Å². The molecule has 108 valence electrons. The molecule has 4 nitrogen and oxygen atoms in total. The van der Waals surface area contributed by atoms with Gasteiger partial charge in [-0.1, -0.05) is 13.8 Å². The monoisotopic (exact) mass is 274 g/mol. The Hall–Kier alpha value is -1.58. The molecule has 2 aliphatic rings. The topological polar surface area (TPSA) is 51.1 Å². The number of ketones is 1. The van der Waals surface area contributed by atoms with Gasteiger partial charge in [-0.15, -0.1) is 0 Å². The van der Waals surface area contributed by atoms with Gasteiger partial charge in [0.15, 0.2) is 5.78 Å². The van der Waals surface area contributed by atoms with Crippen LogP contribution in [0.5, 0.6) is 0 Å². The van der Waals surface area contributed by atoms with Gasteiger partial charge in [-0.05, 0) is 37.7 Å². The van der Waals surface area contributed by atoms with Crippen molar-refractivity contribution in [3.63, 3.8) is 0 Å². The van der Waals surface area contributed by atoms with Gasteiger partial charge in [-0.25, -0.2) is 0 Å². The number of aryl methyl sites for hydroxylation is 1. The lowest BCUT2D eigenvalue weighted by Crippen LogP contribution is -2.39. The predicted molar refractivity (Wildman–Crippen MR) is 76.9 cm³/mol. The SMILES string of the molecule is Cc1cc2c(n1C1CCCNC1=O)CC(C)(C)CC2=O.